The second-order valence-electron chi connectivity index (χ2n) is 5.60. The van der Waals surface area contributed by atoms with Crippen LogP contribution in [0.4, 0.5) is 5.69 Å². The van der Waals surface area contributed by atoms with Crippen molar-refractivity contribution in [1.29, 1.82) is 0 Å². The van der Waals surface area contributed by atoms with Gasteiger partial charge in [0, 0.05) is 30.8 Å². The lowest BCUT2D eigenvalue weighted by molar-refractivity contribution is -0.384. The lowest BCUT2D eigenvalue weighted by Crippen LogP contribution is -2.40. The molecule has 1 aromatic rings. The van der Waals surface area contributed by atoms with Gasteiger partial charge in [0.1, 0.15) is 0 Å². The van der Waals surface area contributed by atoms with Crippen molar-refractivity contribution in [2.75, 3.05) is 6.54 Å². The largest absolute Gasteiger partial charge is 0.336 e. The maximum Gasteiger partial charge on any atom is 0.269 e. The Kier molecular flexibility index (Phi) is 5.69. The number of likely N-dealkylation sites (N-methyl/N-ethyl adjacent to an activating group) is 1. The van der Waals surface area contributed by atoms with Gasteiger partial charge in [0.2, 0.25) is 5.91 Å². The van der Waals surface area contributed by atoms with Crippen LogP contribution in [0.5, 0.6) is 0 Å². The molecule has 22 heavy (non-hydrogen) atoms. The van der Waals surface area contributed by atoms with Gasteiger partial charge in [-0.1, -0.05) is 19.3 Å². The van der Waals surface area contributed by atoms with Crippen LogP contribution in [0.15, 0.2) is 30.3 Å². The fraction of sp³-hybridized carbons (Fsp3) is 0.471. The quantitative estimate of drug-likeness (QED) is 0.472. The minimum atomic E-state index is -0.430. The van der Waals surface area contributed by atoms with Crippen LogP contribution in [0.25, 0.3) is 6.08 Å². The summed E-state index contributed by atoms with van der Waals surface area (Å²) in [5.41, 5.74) is 0.847. The van der Waals surface area contributed by atoms with Gasteiger partial charge in [-0.3, -0.25) is 14.9 Å². The zero-order valence-corrected chi connectivity index (χ0v) is 12.9. The van der Waals surface area contributed by atoms with Gasteiger partial charge in [-0.15, -0.1) is 0 Å². The van der Waals surface area contributed by atoms with Crippen LogP contribution < -0.4 is 0 Å². The first-order chi connectivity index (χ1) is 10.6. The van der Waals surface area contributed by atoms with Gasteiger partial charge >= 0.3 is 0 Å². The number of carbonyl (C=O) groups is 1. The third kappa shape index (κ3) is 4.16. The normalized spacial score (nSPS) is 15.9. The van der Waals surface area contributed by atoms with Crippen LogP contribution in [-0.4, -0.2) is 28.3 Å². The molecule has 0 atom stereocenters. The first-order valence-electron chi connectivity index (χ1n) is 7.85. The van der Waals surface area contributed by atoms with Crippen molar-refractivity contribution in [3.05, 3.63) is 46.0 Å². The molecule has 0 aliphatic heterocycles. The number of benzene rings is 1. The van der Waals surface area contributed by atoms with Crippen molar-refractivity contribution in [2.24, 2.45) is 0 Å². The number of carbonyl (C=O) groups excluding carboxylic acids is 1. The molecule has 2 rings (SSSR count). The van der Waals surface area contributed by atoms with Crippen molar-refractivity contribution in [2.45, 2.75) is 45.1 Å². The van der Waals surface area contributed by atoms with Crippen molar-refractivity contribution >= 4 is 17.7 Å². The number of nitrogens with zero attached hydrogens (tertiary/aromatic N) is 2. The first-order valence-corrected chi connectivity index (χ1v) is 7.85. The van der Waals surface area contributed by atoms with Crippen LogP contribution in [0.1, 0.15) is 44.6 Å². The predicted octanol–water partition coefficient (Wildman–Crippen LogP) is 3.79. The molecule has 5 heteroatoms. The Labute approximate surface area is 130 Å². The van der Waals surface area contributed by atoms with E-state index in [-0.39, 0.29) is 11.6 Å². The van der Waals surface area contributed by atoms with E-state index in [4.69, 9.17) is 0 Å². The van der Waals surface area contributed by atoms with E-state index >= 15 is 0 Å². The van der Waals surface area contributed by atoms with E-state index in [0.29, 0.717) is 12.6 Å². The monoisotopic (exact) mass is 302 g/mol. The highest BCUT2D eigenvalue weighted by Crippen LogP contribution is 2.23. The molecule has 1 amide bonds. The van der Waals surface area contributed by atoms with Gasteiger partial charge in [0.05, 0.1) is 4.92 Å². The van der Waals surface area contributed by atoms with Crippen molar-refractivity contribution in [3.63, 3.8) is 0 Å². The van der Waals surface area contributed by atoms with Crippen molar-refractivity contribution in [1.82, 2.24) is 4.90 Å². The molecule has 0 unspecified atom stereocenters. The summed E-state index contributed by atoms with van der Waals surface area (Å²) in [6, 6.07) is 6.55. The molecular formula is C17H22N2O3. The molecule has 1 aromatic carbocycles. The molecule has 0 heterocycles. The molecule has 0 spiro atoms. The first kappa shape index (κ1) is 16.2. The van der Waals surface area contributed by atoms with E-state index in [0.717, 1.165) is 18.4 Å². The summed E-state index contributed by atoms with van der Waals surface area (Å²) in [6.45, 7) is 2.72. The van der Waals surface area contributed by atoms with Crippen LogP contribution in [0.3, 0.4) is 0 Å². The van der Waals surface area contributed by atoms with E-state index in [9.17, 15) is 14.9 Å². The Balaban J connectivity index is 2.00. The van der Waals surface area contributed by atoms with Crippen LogP contribution in [0, 0.1) is 10.1 Å². The molecule has 0 saturated heterocycles. The average molecular weight is 302 g/mol. The number of hydrogen-bond acceptors (Lipinski definition) is 3. The smallest absolute Gasteiger partial charge is 0.269 e. The number of amides is 1. The zero-order valence-electron chi connectivity index (χ0n) is 12.9. The summed E-state index contributed by atoms with van der Waals surface area (Å²) >= 11 is 0. The summed E-state index contributed by atoms with van der Waals surface area (Å²) in [5.74, 6) is 0.0211. The molecule has 0 radical (unpaired) electrons. The molecule has 1 fully saturated rings. The number of nitro groups is 1. The minimum absolute atomic E-state index is 0.0211. The summed E-state index contributed by atoms with van der Waals surface area (Å²) in [4.78, 5) is 24.5. The molecular weight excluding hydrogens is 280 g/mol. The van der Waals surface area contributed by atoms with Crippen LogP contribution in [-0.2, 0) is 4.79 Å². The highest BCUT2D eigenvalue weighted by Gasteiger charge is 2.22. The summed E-state index contributed by atoms with van der Waals surface area (Å²) in [7, 11) is 0. The van der Waals surface area contributed by atoms with Gasteiger partial charge in [0.15, 0.2) is 0 Å². The van der Waals surface area contributed by atoms with Crippen LogP contribution in [0.2, 0.25) is 0 Å². The molecule has 0 N–H and O–H groups in total. The predicted molar refractivity (Wildman–Crippen MR) is 86.4 cm³/mol. The second-order valence-corrected chi connectivity index (χ2v) is 5.60. The van der Waals surface area contributed by atoms with Gasteiger partial charge < -0.3 is 4.90 Å². The Morgan fingerprint density at radius 2 is 1.91 bits per heavy atom. The van der Waals surface area contributed by atoms with E-state index in [1.165, 1.54) is 31.4 Å². The Bertz CT molecular complexity index is 546. The third-order valence-corrected chi connectivity index (χ3v) is 4.16. The Morgan fingerprint density at radius 3 is 2.45 bits per heavy atom. The lowest BCUT2D eigenvalue weighted by Gasteiger charge is -2.32. The van der Waals surface area contributed by atoms with Crippen LogP contribution >= 0.6 is 0 Å². The number of nitro benzene ring substituents is 1. The van der Waals surface area contributed by atoms with E-state index < -0.39 is 4.92 Å². The fourth-order valence-corrected chi connectivity index (χ4v) is 2.96. The number of non-ortho nitro benzene ring substituents is 1. The second kappa shape index (κ2) is 7.73. The number of rotatable bonds is 5. The summed E-state index contributed by atoms with van der Waals surface area (Å²) < 4.78 is 0. The molecule has 0 bridgehead atoms. The summed E-state index contributed by atoms with van der Waals surface area (Å²) in [6.07, 6.45) is 9.12. The van der Waals surface area contributed by atoms with E-state index in [1.54, 1.807) is 24.3 Å². The topological polar surface area (TPSA) is 63.5 Å². The molecule has 0 aromatic heterocycles. The highest BCUT2D eigenvalue weighted by molar-refractivity contribution is 5.92. The molecule has 118 valence electrons. The lowest BCUT2D eigenvalue weighted by atomic mass is 9.94. The Hall–Kier alpha value is -2.17. The standard InChI is InChI=1S/C17H22N2O3/c1-2-18(15-6-4-3-5-7-15)17(20)13-10-14-8-11-16(12-9-14)19(21)22/h8-13,15H,2-7H2,1H3. The fourth-order valence-electron chi connectivity index (χ4n) is 2.96. The van der Waals surface area contributed by atoms with Gasteiger partial charge in [-0.25, -0.2) is 0 Å². The molecule has 1 aliphatic rings. The van der Waals surface area contributed by atoms with Gasteiger partial charge in [0.25, 0.3) is 5.69 Å². The maximum atomic E-state index is 12.4. The molecule has 5 nitrogen and oxygen atoms in total. The van der Waals surface area contributed by atoms with Gasteiger partial charge in [-0.2, -0.15) is 0 Å². The average Bonchev–Trinajstić information content (AvgIpc) is 2.55. The number of hydrogen-bond donors (Lipinski definition) is 0. The van der Waals surface area contributed by atoms with E-state index in [1.807, 2.05) is 11.8 Å². The summed E-state index contributed by atoms with van der Waals surface area (Å²) in [5, 5.41) is 10.6. The SMILES string of the molecule is CCN(C(=O)C=Cc1ccc([N+](=O)[O-])cc1)C1CCCCC1. The third-order valence-electron chi connectivity index (χ3n) is 4.16. The minimum Gasteiger partial charge on any atom is -0.336 e. The zero-order chi connectivity index (χ0) is 15.9. The maximum absolute atomic E-state index is 12.4. The highest BCUT2D eigenvalue weighted by atomic mass is 16.6. The van der Waals surface area contributed by atoms with Crippen molar-refractivity contribution < 1.29 is 9.72 Å². The molecule has 1 saturated carbocycles. The van der Waals surface area contributed by atoms with Gasteiger partial charge in [-0.05, 0) is 43.5 Å². The van der Waals surface area contributed by atoms with E-state index in [2.05, 4.69) is 0 Å². The molecule has 1 aliphatic carbocycles. The Morgan fingerprint density at radius 1 is 1.27 bits per heavy atom. The van der Waals surface area contributed by atoms with Crippen molar-refractivity contribution in [3.8, 4) is 0 Å².